The standard InChI is InChI=1S/C23H17NO8/c1-30-20-4-2-3-17(13-20)22(26)31-14-21(25)15-7-11-19(12-8-15)32-23(27)16-5-9-18(10-6-16)24(28)29/h2-13H,14H2,1H3. The lowest BCUT2D eigenvalue weighted by Crippen LogP contribution is -2.14. The first-order valence-corrected chi connectivity index (χ1v) is 9.28. The van der Waals surface area contributed by atoms with Crippen LogP contribution in [0.3, 0.4) is 0 Å². The summed E-state index contributed by atoms with van der Waals surface area (Å²) in [5, 5.41) is 10.7. The van der Waals surface area contributed by atoms with Crippen molar-refractivity contribution < 1.29 is 33.5 Å². The Hall–Kier alpha value is -4.53. The number of carbonyl (C=O) groups is 3. The number of ether oxygens (including phenoxy) is 3. The number of hydrogen-bond donors (Lipinski definition) is 0. The largest absolute Gasteiger partial charge is 0.497 e. The molecule has 0 atom stereocenters. The normalized spacial score (nSPS) is 10.2. The van der Waals surface area contributed by atoms with Crippen LogP contribution in [0.25, 0.3) is 0 Å². The molecule has 0 heterocycles. The van der Waals surface area contributed by atoms with E-state index in [0.29, 0.717) is 5.75 Å². The van der Waals surface area contributed by atoms with Crippen LogP contribution in [-0.4, -0.2) is 36.4 Å². The number of methoxy groups -OCH3 is 1. The molecule has 0 aliphatic heterocycles. The second-order valence-corrected chi connectivity index (χ2v) is 6.45. The summed E-state index contributed by atoms with van der Waals surface area (Å²) in [6.07, 6.45) is 0. The van der Waals surface area contributed by atoms with Crippen LogP contribution in [0.15, 0.2) is 72.8 Å². The van der Waals surface area contributed by atoms with Crippen molar-refractivity contribution in [3.05, 3.63) is 99.6 Å². The molecule has 0 fully saturated rings. The van der Waals surface area contributed by atoms with Crippen LogP contribution in [0.2, 0.25) is 0 Å². The highest BCUT2D eigenvalue weighted by molar-refractivity contribution is 5.99. The van der Waals surface area contributed by atoms with E-state index in [0.717, 1.165) is 0 Å². The minimum absolute atomic E-state index is 0.139. The Morgan fingerprint density at radius 1 is 0.812 bits per heavy atom. The van der Waals surface area contributed by atoms with Crippen LogP contribution in [0.1, 0.15) is 31.1 Å². The van der Waals surface area contributed by atoms with Crippen molar-refractivity contribution in [3.8, 4) is 11.5 Å². The van der Waals surface area contributed by atoms with Gasteiger partial charge in [-0.15, -0.1) is 0 Å². The first-order valence-electron chi connectivity index (χ1n) is 9.28. The number of esters is 2. The minimum Gasteiger partial charge on any atom is -0.497 e. The van der Waals surface area contributed by atoms with E-state index in [-0.39, 0.29) is 28.1 Å². The minimum atomic E-state index is -0.703. The summed E-state index contributed by atoms with van der Waals surface area (Å²) in [6.45, 7) is -0.460. The number of hydrogen-bond acceptors (Lipinski definition) is 8. The molecule has 3 rings (SSSR count). The molecule has 9 nitrogen and oxygen atoms in total. The fourth-order valence-electron chi connectivity index (χ4n) is 2.64. The topological polar surface area (TPSA) is 122 Å². The lowest BCUT2D eigenvalue weighted by atomic mass is 10.1. The van der Waals surface area contributed by atoms with E-state index >= 15 is 0 Å². The molecule has 9 heteroatoms. The van der Waals surface area contributed by atoms with Crippen LogP contribution in [0, 0.1) is 10.1 Å². The van der Waals surface area contributed by atoms with Gasteiger partial charge in [0.15, 0.2) is 12.4 Å². The molecule has 0 aliphatic rings. The summed E-state index contributed by atoms with van der Waals surface area (Å²) < 4.78 is 15.3. The van der Waals surface area contributed by atoms with Crippen molar-refractivity contribution in [2.75, 3.05) is 13.7 Å². The van der Waals surface area contributed by atoms with E-state index in [2.05, 4.69) is 0 Å². The van der Waals surface area contributed by atoms with Crippen molar-refractivity contribution in [2.45, 2.75) is 0 Å². The summed E-state index contributed by atoms with van der Waals surface area (Å²) >= 11 is 0. The number of nitrogens with zero attached hydrogens (tertiary/aromatic N) is 1. The van der Waals surface area contributed by atoms with Crippen molar-refractivity contribution in [3.63, 3.8) is 0 Å². The molecule has 0 unspecified atom stereocenters. The van der Waals surface area contributed by atoms with E-state index in [9.17, 15) is 24.5 Å². The molecular formula is C23H17NO8. The molecular weight excluding hydrogens is 418 g/mol. The van der Waals surface area contributed by atoms with Crippen LogP contribution in [0.4, 0.5) is 5.69 Å². The average molecular weight is 435 g/mol. The monoisotopic (exact) mass is 435 g/mol. The van der Waals surface area contributed by atoms with Gasteiger partial charge in [0.2, 0.25) is 0 Å². The first kappa shape index (κ1) is 22.2. The summed E-state index contributed by atoms with van der Waals surface area (Å²) in [4.78, 5) is 46.6. The zero-order chi connectivity index (χ0) is 23.1. The molecule has 0 radical (unpaired) electrons. The van der Waals surface area contributed by atoms with Crippen LogP contribution in [0.5, 0.6) is 11.5 Å². The third-order valence-corrected chi connectivity index (χ3v) is 4.34. The first-order chi connectivity index (χ1) is 15.4. The van der Waals surface area contributed by atoms with E-state index in [1.165, 1.54) is 61.7 Å². The van der Waals surface area contributed by atoms with Gasteiger partial charge >= 0.3 is 11.9 Å². The van der Waals surface area contributed by atoms with E-state index in [4.69, 9.17) is 14.2 Å². The summed E-state index contributed by atoms with van der Waals surface area (Å²) in [5.41, 5.74) is 0.515. The van der Waals surface area contributed by atoms with Gasteiger partial charge < -0.3 is 14.2 Å². The number of non-ortho nitro benzene ring substituents is 1. The second-order valence-electron chi connectivity index (χ2n) is 6.45. The Balaban J connectivity index is 1.56. The van der Waals surface area contributed by atoms with Gasteiger partial charge in [-0.05, 0) is 54.6 Å². The molecule has 0 aromatic heterocycles. The highest BCUT2D eigenvalue weighted by Gasteiger charge is 2.14. The van der Waals surface area contributed by atoms with E-state index < -0.39 is 29.3 Å². The van der Waals surface area contributed by atoms with Gasteiger partial charge in [0.25, 0.3) is 5.69 Å². The molecule has 0 spiro atoms. The summed E-state index contributed by atoms with van der Waals surface area (Å²) in [6, 6.07) is 17.0. The van der Waals surface area contributed by atoms with Crippen LogP contribution in [-0.2, 0) is 4.74 Å². The predicted molar refractivity (Wildman–Crippen MR) is 112 cm³/mol. The molecule has 0 aliphatic carbocycles. The zero-order valence-corrected chi connectivity index (χ0v) is 16.8. The van der Waals surface area contributed by atoms with E-state index in [1.54, 1.807) is 18.2 Å². The Bertz CT molecular complexity index is 1150. The SMILES string of the molecule is COc1cccc(C(=O)OCC(=O)c2ccc(OC(=O)c3ccc([N+](=O)[O-])cc3)cc2)c1. The van der Waals surface area contributed by atoms with Gasteiger partial charge in [0, 0.05) is 17.7 Å². The third-order valence-electron chi connectivity index (χ3n) is 4.34. The predicted octanol–water partition coefficient (Wildman–Crippen LogP) is 3.86. The van der Waals surface area contributed by atoms with Gasteiger partial charge in [0.1, 0.15) is 11.5 Å². The van der Waals surface area contributed by atoms with Crippen LogP contribution >= 0.6 is 0 Å². The molecule has 3 aromatic carbocycles. The maximum atomic E-state index is 12.3. The fourth-order valence-corrected chi connectivity index (χ4v) is 2.64. The number of nitro benzene ring substituents is 1. The van der Waals surface area contributed by atoms with Crippen molar-refractivity contribution in [2.24, 2.45) is 0 Å². The lowest BCUT2D eigenvalue weighted by Gasteiger charge is -2.07. The number of nitro groups is 1. The van der Waals surface area contributed by atoms with Crippen molar-refractivity contribution >= 4 is 23.4 Å². The maximum absolute atomic E-state index is 12.3. The third kappa shape index (κ3) is 5.54. The quantitative estimate of drug-likeness (QED) is 0.172. The molecule has 0 saturated carbocycles. The highest BCUT2D eigenvalue weighted by Crippen LogP contribution is 2.18. The number of rotatable bonds is 8. The van der Waals surface area contributed by atoms with E-state index in [1.807, 2.05) is 0 Å². The summed E-state index contributed by atoms with van der Waals surface area (Å²) in [7, 11) is 1.47. The molecule has 162 valence electrons. The number of ketones is 1. The van der Waals surface area contributed by atoms with Crippen molar-refractivity contribution in [1.82, 2.24) is 0 Å². The molecule has 3 aromatic rings. The van der Waals surface area contributed by atoms with Gasteiger partial charge in [-0.1, -0.05) is 6.07 Å². The van der Waals surface area contributed by atoms with Crippen LogP contribution < -0.4 is 9.47 Å². The number of Topliss-reactive ketones (excluding diaryl/α,β-unsaturated/α-hetero) is 1. The molecule has 0 bridgehead atoms. The van der Waals surface area contributed by atoms with Gasteiger partial charge in [-0.25, -0.2) is 9.59 Å². The molecule has 0 amide bonds. The lowest BCUT2D eigenvalue weighted by molar-refractivity contribution is -0.384. The Morgan fingerprint density at radius 2 is 1.47 bits per heavy atom. The number of carbonyl (C=O) groups excluding carboxylic acids is 3. The highest BCUT2D eigenvalue weighted by atomic mass is 16.6. The van der Waals surface area contributed by atoms with Gasteiger partial charge in [-0.2, -0.15) is 0 Å². The molecule has 0 saturated heterocycles. The fraction of sp³-hybridized carbons (Fsp3) is 0.0870. The number of benzene rings is 3. The Morgan fingerprint density at radius 3 is 2.09 bits per heavy atom. The van der Waals surface area contributed by atoms with Gasteiger partial charge in [0.05, 0.1) is 23.2 Å². The molecule has 32 heavy (non-hydrogen) atoms. The smallest absolute Gasteiger partial charge is 0.343 e. The summed E-state index contributed by atoms with van der Waals surface area (Å²) in [5.74, 6) is -1.13. The average Bonchev–Trinajstić information content (AvgIpc) is 2.82. The Labute approximate surface area is 182 Å². The molecule has 0 N–H and O–H groups in total. The van der Waals surface area contributed by atoms with Gasteiger partial charge in [-0.3, -0.25) is 14.9 Å². The van der Waals surface area contributed by atoms with Crippen molar-refractivity contribution in [1.29, 1.82) is 0 Å². The Kier molecular flexibility index (Phi) is 6.92. The maximum Gasteiger partial charge on any atom is 0.343 e. The zero-order valence-electron chi connectivity index (χ0n) is 16.8. The second kappa shape index (κ2) is 9.98.